The summed E-state index contributed by atoms with van der Waals surface area (Å²) in [4.78, 5) is 9.00. The van der Waals surface area contributed by atoms with Crippen molar-refractivity contribution in [1.82, 2.24) is 0 Å². The van der Waals surface area contributed by atoms with Gasteiger partial charge in [-0.1, -0.05) is 0 Å². The summed E-state index contributed by atoms with van der Waals surface area (Å²) in [6.45, 7) is 1.08. The van der Waals surface area contributed by atoms with Gasteiger partial charge in [0, 0.05) is 6.92 Å². The zero-order chi connectivity index (χ0) is 3.58. The normalized spacial score (nSPS) is 2.78. The topological polar surface area (TPSA) is 132 Å². The molecule has 0 aliphatic rings. The Kier molecular flexibility index (Phi) is 195. The van der Waals surface area contributed by atoms with Crippen LogP contribution in [0, 0.1) is 0 Å². The van der Waals surface area contributed by atoms with Gasteiger partial charge in [-0.3, -0.25) is 4.79 Å². The van der Waals surface area contributed by atoms with Crippen LogP contribution in [-0.2, 0) is 4.79 Å². The van der Waals surface area contributed by atoms with E-state index in [0.29, 0.717) is 0 Å². The van der Waals surface area contributed by atoms with Crippen molar-refractivity contribution < 1.29 is 26.3 Å². The minimum atomic E-state index is -0.833. The number of carbonyl (C=O) groups is 1. The molecule has 0 rings (SSSR count). The summed E-state index contributed by atoms with van der Waals surface area (Å²) in [6, 6.07) is 0. The molecular formula is C2H13MgNaO5. The summed E-state index contributed by atoms with van der Waals surface area (Å²) in [5.41, 5.74) is 0. The third-order valence-corrected chi connectivity index (χ3v) is 0. The SMILES string of the molecule is CC(=O)O.O.O.O.[MgH2].[NaH]. The van der Waals surface area contributed by atoms with Crippen molar-refractivity contribution in [2.75, 3.05) is 0 Å². The van der Waals surface area contributed by atoms with Crippen LogP contribution in [-0.4, -0.2) is 80.1 Å². The van der Waals surface area contributed by atoms with Crippen LogP contribution in [0.25, 0.3) is 0 Å². The van der Waals surface area contributed by atoms with E-state index in [1.165, 1.54) is 0 Å². The quantitative estimate of drug-likeness (QED) is 0.366. The minimum absolute atomic E-state index is 0. The molecule has 0 spiro atoms. The fourth-order valence-corrected chi connectivity index (χ4v) is 0. The first-order chi connectivity index (χ1) is 1.73. The number of carboxylic acids is 1. The molecule has 0 aromatic carbocycles. The summed E-state index contributed by atoms with van der Waals surface area (Å²) < 4.78 is 0. The van der Waals surface area contributed by atoms with E-state index in [4.69, 9.17) is 9.90 Å². The standard InChI is InChI=1S/C2H4O2.Mg.Na.3H2O.3H/c1-2(3)4;;;;;;;;/h1H3,(H,3,4);;;3*1H2;;;. The zero-order valence-electron chi connectivity index (χ0n) is 3.86. The van der Waals surface area contributed by atoms with Crippen molar-refractivity contribution >= 4 is 58.6 Å². The van der Waals surface area contributed by atoms with Crippen LogP contribution < -0.4 is 0 Å². The zero-order valence-corrected chi connectivity index (χ0v) is 3.86. The second-order valence-electron chi connectivity index (χ2n) is 0.519. The molecule has 0 aliphatic heterocycles. The van der Waals surface area contributed by atoms with Crippen LogP contribution in [0.3, 0.4) is 0 Å². The Morgan fingerprint density at radius 2 is 1.22 bits per heavy atom. The van der Waals surface area contributed by atoms with Crippen LogP contribution in [0.15, 0.2) is 0 Å². The Bertz CT molecular complexity index is 37.9. The van der Waals surface area contributed by atoms with Gasteiger partial charge in [0.15, 0.2) is 0 Å². The van der Waals surface area contributed by atoms with E-state index >= 15 is 0 Å². The molecular weight excluding hydrogens is 151 g/mol. The van der Waals surface area contributed by atoms with Crippen molar-refractivity contribution in [3.05, 3.63) is 0 Å². The van der Waals surface area contributed by atoms with E-state index in [1.54, 1.807) is 0 Å². The first kappa shape index (κ1) is 49.6. The van der Waals surface area contributed by atoms with Crippen molar-refractivity contribution in [2.24, 2.45) is 0 Å². The van der Waals surface area contributed by atoms with E-state index in [0.717, 1.165) is 6.92 Å². The first-order valence-corrected chi connectivity index (χ1v) is 0.928. The first-order valence-electron chi connectivity index (χ1n) is 0.928. The summed E-state index contributed by atoms with van der Waals surface area (Å²) in [5, 5.41) is 7.42. The third kappa shape index (κ3) is 371. The van der Waals surface area contributed by atoms with Gasteiger partial charge in [-0.15, -0.1) is 0 Å². The molecule has 0 amide bonds. The summed E-state index contributed by atoms with van der Waals surface area (Å²) in [6.07, 6.45) is 0. The molecule has 5 nitrogen and oxygen atoms in total. The van der Waals surface area contributed by atoms with E-state index in [-0.39, 0.29) is 69.0 Å². The second kappa shape index (κ2) is 35.4. The molecule has 9 heavy (non-hydrogen) atoms. The molecule has 0 aliphatic carbocycles. The predicted octanol–water partition coefficient (Wildman–Crippen LogP) is -3.95. The number of carboxylic acid groups (broad SMARTS) is 1. The molecule has 0 saturated carbocycles. The summed E-state index contributed by atoms with van der Waals surface area (Å²) in [7, 11) is 0. The van der Waals surface area contributed by atoms with E-state index < -0.39 is 5.97 Å². The molecule has 0 bridgehead atoms. The van der Waals surface area contributed by atoms with Crippen LogP contribution in [0.4, 0.5) is 0 Å². The summed E-state index contributed by atoms with van der Waals surface area (Å²) in [5.74, 6) is -0.833. The molecule has 7 N–H and O–H groups in total. The maximum absolute atomic E-state index is 9.00. The van der Waals surface area contributed by atoms with Crippen LogP contribution in [0.1, 0.15) is 6.92 Å². The molecule has 0 atom stereocenters. The van der Waals surface area contributed by atoms with Gasteiger partial charge in [-0.25, -0.2) is 0 Å². The molecule has 0 aromatic rings. The van der Waals surface area contributed by atoms with Crippen LogP contribution >= 0.6 is 0 Å². The van der Waals surface area contributed by atoms with Crippen molar-refractivity contribution in [3.63, 3.8) is 0 Å². The average Bonchev–Trinajstić information content (AvgIpc) is 0.811. The molecule has 7 heteroatoms. The van der Waals surface area contributed by atoms with Gasteiger partial charge in [-0.2, -0.15) is 0 Å². The molecule has 0 heterocycles. The second-order valence-corrected chi connectivity index (χ2v) is 0.519. The van der Waals surface area contributed by atoms with Gasteiger partial charge in [-0.05, 0) is 0 Å². The Labute approximate surface area is 91.2 Å². The van der Waals surface area contributed by atoms with Gasteiger partial charge >= 0.3 is 52.6 Å². The fourth-order valence-electron chi connectivity index (χ4n) is 0. The van der Waals surface area contributed by atoms with E-state index in [9.17, 15) is 0 Å². The Balaban J connectivity index is -0.00000000450. The monoisotopic (exact) mass is 164 g/mol. The number of aliphatic carboxylic acids is 1. The molecule has 0 aromatic heterocycles. The van der Waals surface area contributed by atoms with Crippen molar-refractivity contribution in [3.8, 4) is 0 Å². The van der Waals surface area contributed by atoms with Crippen molar-refractivity contribution in [1.29, 1.82) is 0 Å². The maximum atomic E-state index is 9.00. The average molecular weight is 164 g/mol. The number of hydrogen-bond donors (Lipinski definition) is 1. The molecule has 0 fully saturated rings. The van der Waals surface area contributed by atoms with Gasteiger partial charge in [0.05, 0.1) is 0 Å². The van der Waals surface area contributed by atoms with Gasteiger partial charge in [0.2, 0.25) is 0 Å². The third-order valence-electron chi connectivity index (χ3n) is 0. The van der Waals surface area contributed by atoms with Gasteiger partial charge in [0.25, 0.3) is 5.97 Å². The molecule has 54 valence electrons. The summed E-state index contributed by atoms with van der Waals surface area (Å²) >= 11 is 0. The molecule has 0 radical (unpaired) electrons. The Morgan fingerprint density at radius 3 is 1.22 bits per heavy atom. The Hall–Kier alpha value is 1.12. The van der Waals surface area contributed by atoms with Gasteiger partial charge in [0.1, 0.15) is 0 Å². The van der Waals surface area contributed by atoms with E-state index in [1.807, 2.05) is 0 Å². The predicted molar refractivity (Wildman–Crippen MR) is 39.8 cm³/mol. The number of hydrogen-bond acceptors (Lipinski definition) is 1. The van der Waals surface area contributed by atoms with Gasteiger partial charge < -0.3 is 21.5 Å². The molecule has 0 unspecified atom stereocenters. The Morgan fingerprint density at radius 1 is 1.22 bits per heavy atom. The number of rotatable bonds is 0. The fraction of sp³-hybridized carbons (Fsp3) is 0.500. The van der Waals surface area contributed by atoms with Crippen molar-refractivity contribution in [2.45, 2.75) is 6.92 Å². The van der Waals surface area contributed by atoms with Crippen LogP contribution in [0.5, 0.6) is 0 Å². The van der Waals surface area contributed by atoms with E-state index in [2.05, 4.69) is 0 Å². The molecule has 0 saturated heterocycles. The van der Waals surface area contributed by atoms with Crippen LogP contribution in [0.2, 0.25) is 0 Å².